The van der Waals surface area contributed by atoms with E-state index >= 15 is 0 Å². The van der Waals surface area contributed by atoms with E-state index in [2.05, 4.69) is 57.7 Å². The maximum atomic E-state index is 9.49. The minimum absolute atomic E-state index is 0.0831. The van der Waals surface area contributed by atoms with E-state index in [9.17, 15) is 5.11 Å². The van der Waals surface area contributed by atoms with Crippen molar-refractivity contribution in [2.24, 2.45) is 0 Å². The number of methoxy groups -OCH3 is 1. The van der Waals surface area contributed by atoms with E-state index in [1.165, 1.54) is 5.56 Å². The van der Waals surface area contributed by atoms with Gasteiger partial charge in [0.2, 0.25) is 5.95 Å². The summed E-state index contributed by atoms with van der Waals surface area (Å²) in [5.74, 6) is 1.63. The lowest BCUT2D eigenvalue weighted by Crippen LogP contribution is -2.46. The molecule has 0 aliphatic carbocycles. The summed E-state index contributed by atoms with van der Waals surface area (Å²) in [6.45, 7) is 7.35. The molecule has 3 heterocycles. The number of nitrogens with one attached hydrogen (secondary N) is 2. The average molecular weight is 498 g/mol. The number of hydrogen-bond donors (Lipinski definition) is 4. The number of nitrogens with zero attached hydrogens (tertiary/aromatic N) is 4. The highest BCUT2D eigenvalue weighted by Crippen LogP contribution is 2.27. The fraction of sp³-hybridized carbons (Fsp3) is 0.577. The molecule has 196 valence electrons. The molecule has 3 aromatic rings. The van der Waals surface area contributed by atoms with Crippen molar-refractivity contribution in [1.82, 2.24) is 25.1 Å². The third kappa shape index (κ3) is 6.24. The van der Waals surface area contributed by atoms with Gasteiger partial charge in [-0.2, -0.15) is 10.1 Å². The topological polar surface area (TPSA) is 132 Å². The van der Waals surface area contributed by atoms with Crippen molar-refractivity contribution in [3.05, 3.63) is 35.5 Å². The Balaban J connectivity index is 1.56. The monoisotopic (exact) mass is 497 g/mol. The van der Waals surface area contributed by atoms with Gasteiger partial charge in [0, 0.05) is 43.5 Å². The zero-order valence-corrected chi connectivity index (χ0v) is 21.6. The van der Waals surface area contributed by atoms with Gasteiger partial charge >= 0.3 is 0 Å². The van der Waals surface area contributed by atoms with Gasteiger partial charge in [0.15, 0.2) is 5.82 Å². The van der Waals surface area contributed by atoms with Crippen LogP contribution in [0.25, 0.3) is 11.0 Å². The van der Waals surface area contributed by atoms with Crippen LogP contribution in [0.2, 0.25) is 0 Å². The van der Waals surface area contributed by atoms with Crippen molar-refractivity contribution in [2.45, 2.75) is 70.6 Å². The second kappa shape index (κ2) is 11.9. The zero-order valence-electron chi connectivity index (χ0n) is 21.6. The molecule has 10 heteroatoms. The predicted molar refractivity (Wildman–Crippen MR) is 141 cm³/mol. The third-order valence-corrected chi connectivity index (χ3v) is 6.95. The number of rotatable bonds is 12. The predicted octanol–water partition coefficient (Wildman–Crippen LogP) is 3.09. The molecule has 1 fully saturated rings. The number of nitrogens with two attached hydrogens (primary N) is 1. The lowest BCUT2D eigenvalue weighted by atomic mass is 9.92. The van der Waals surface area contributed by atoms with Crippen molar-refractivity contribution >= 4 is 22.8 Å². The molecule has 36 heavy (non-hydrogen) atoms. The van der Waals surface area contributed by atoms with E-state index in [1.807, 2.05) is 4.68 Å². The highest BCUT2D eigenvalue weighted by atomic mass is 16.5. The van der Waals surface area contributed by atoms with E-state index in [4.69, 9.17) is 15.2 Å². The van der Waals surface area contributed by atoms with Crippen LogP contribution in [0.15, 0.2) is 24.4 Å². The Labute approximate surface area is 212 Å². The van der Waals surface area contributed by atoms with Gasteiger partial charge in [-0.15, -0.1) is 0 Å². The van der Waals surface area contributed by atoms with Crippen molar-refractivity contribution in [3.8, 4) is 5.75 Å². The van der Waals surface area contributed by atoms with Crippen LogP contribution in [0, 0.1) is 0 Å². The number of aliphatic hydroxyl groups is 1. The number of aliphatic hydroxyl groups excluding tert-OH is 1. The Kier molecular flexibility index (Phi) is 8.60. The van der Waals surface area contributed by atoms with Crippen LogP contribution in [-0.4, -0.2) is 63.4 Å². The van der Waals surface area contributed by atoms with E-state index in [-0.39, 0.29) is 24.1 Å². The maximum Gasteiger partial charge on any atom is 0.222 e. The summed E-state index contributed by atoms with van der Waals surface area (Å²) in [7, 11) is 1.69. The maximum absolute atomic E-state index is 9.49. The van der Waals surface area contributed by atoms with E-state index in [1.54, 1.807) is 13.3 Å². The van der Waals surface area contributed by atoms with Gasteiger partial charge in [-0.1, -0.05) is 25.5 Å². The van der Waals surface area contributed by atoms with Gasteiger partial charge in [0.25, 0.3) is 0 Å². The summed E-state index contributed by atoms with van der Waals surface area (Å²) in [6, 6.07) is 6.39. The molecule has 1 aromatic carbocycles. The number of anilines is 2. The Hall–Kier alpha value is -2.95. The molecule has 1 aliphatic rings. The number of nitrogen functional groups attached to an aromatic ring is 1. The molecular weight excluding hydrogens is 458 g/mol. The second-order valence-corrected chi connectivity index (χ2v) is 9.78. The van der Waals surface area contributed by atoms with Crippen LogP contribution in [0.1, 0.15) is 57.1 Å². The highest BCUT2D eigenvalue weighted by molar-refractivity contribution is 5.86. The summed E-state index contributed by atoms with van der Waals surface area (Å²) in [5.41, 5.74) is 9.70. The van der Waals surface area contributed by atoms with Gasteiger partial charge < -0.3 is 30.9 Å². The van der Waals surface area contributed by atoms with Crippen LogP contribution < -0.4 is 21.1 Å². The molecule has 0 amide bonds. The fourth-order valence-electron chi connectivity index (χ4n) is 4.73. The Morgan fingerprint density at radius 1 is 1.25 bits per heavy atom. The Morgan fingerprint density at radius 3 is 2.78 bits per heavy atom. The average Bonchev–Trinajstić information content (AvgIpc) is 3.26. The number of ether oxygens (including phenoxy) is 2. The van der Waals surface area contributed by atoms with Crippen molar-refractivity contribution < 1.29 is 14.6 Å². The quantitative estimate of drug-likeness (QED) is 0.298. The first-order chi connectivity index (χ1) is 17.4. The molecule has 0 spiro atoms. The van der Waals surface area contributed by atoms with E-state index in [0.717, 1.165) is 62.3 Å². The molecule has 5 N–H and O–H groups in total. The summed E-state index contributed by atoms with van der Waals surface area (Å²) in [6.07, 6.45) is 6.26. The largest absolute Gasteiger partial charge is 0.496 e. The summed E-state index contributed by atoms with van der Waals surface area (Å²) in [5, 5.41) is 21.2. The van der Waals surface area contributed by atoms with Crippen LogP contribution in [0.4, 0.5) is 11.8 Å². The van der Waals surface area contributed by atoms with Crippen LogP contribution >= 0.6 is 0 Å². The van der Waals surface area contributed by atoms with Crippen LogP contribution in [0.3, 0.4) is 0 Å². The summed E-state index contributed by atoms with van der Waals surface area (Å²) >= 11 is 0. The summed E-state index contributed by atoms with van der Waals surface area (Å²) in [4.78, 5) is 8.85. The first-order valence-electron chi connectivity index (χ1n) is 12.8. The zero-order chi connectivity index (χ0) is 25.5. The van der Waals surface area contributed by atoms with E-state index < -0.39 is 0 Å². The smallest absolute Gasteiger partial charge is 0.222 e. The third-order valence-electron chi connectivity index (χ3n) is 6.95. The molecule has 1 saturated heterocycles. The lowest BCUT2D eigenvalue weighted by Gasteiger charge is -2.34. The number of aromatic nitrogens is 4. The van der Waals surface area contributed by atoms with Gasteiger partial charge in [-0.3, -0.25) is 4.68 Å². The Morgan fingerprint density at radius 2 is 2.06 bits per heavy atom. The first kappa shape index (κ1) is 26.1. The van der Waals surface area contributed by atoms with Crippen molar-refractivity contribution in [1.29, 1.82) is 0 Å². The van der Waals surface area contributed by atoms with Crippen molar-refractivity contribution in [2.75, 3.05) is 38.0 Å². The Bertz CT molecular complexity index is 1140. The van der Waals surface area contributed by atoms with Gasteiger partial charge in [-0.05, 0) is 44.2 Å². The minimum Gasteiger partial charge on any atom is -0.496 e. The molecule has 1 aliphatic heterocycles. The molecule has 2 aromatic heterocycles. The highest BCUT2D eigenvalue weighted by Gasteiger charge is 2.26. The fourth-order valence-corrected chi connectivity index (χ4v) is 4.73. The minimum atomic E-state index is 0.0831. The first-order valence-corrected chi connectivity index (χ1v) is 12.8. The second-order valence-electron chi connectivity index (χ2n) is 9.78. The molecule has 0 saturated carbocycles. The summed E-state index contributed by atoms with van der Waals surface area (Å²) < 4.78 is 13.1. The van der Waals surface area contributed by atoms with Gasteiger partial charge in [0.1, 0.15) is 16.8 Å². The normalized spacial score (nSPS) is 16.2. The molecule has 1 atom stereocenters. The molecule has 0 radical (unpaired) electrons. The molecular formula is C26H39N7O3. The van der Waals surface area contributed by atoms with Crippen LogP contribution in [-0.2, 0) is 17.8 Å². The lowest BCUT2D eigenvalue weighted by molar-refractivity contribution is 0.0446. The molecule has 0 unspecified atom stereocenters. The molecule has 4 rings (SSSR count). The van der Waals surface area contributed by atoms with Crippen molar-refractivity contribution in [3.63, 3.8) is 0 Å². The molecule has 0 bridgehead atoms. The number of benzene rings is 1. The number of hydrogen-bond acceptors (Lipinski definition) is 9. The molecule has 10 nitrogen and oxygen atoms in total. The van der Waals surface area contributed by atoms with Gasteiger partial charge in [-0.25, -0.2) is 4.98 Å². The van der Waals surface area contributed by atoms with Gasteiger partial charge in [0.05, 0.1) is 19.9 Å². The standard InChI is InChI=1S/C26H39N7O3/c1-4-5-20(8-11-34)30-24-23-21(31-25(27)32-24)16-29-33(23)17-19-7-6-18(14-22(19)35-3)15-28-26(2)9-12-36-13-10-26/h6-7,14,16,20,28,34H,4-5,8-13,15,17H2,1-3H3,(H3,27,30,31,32)/t20-/m0/s1. The SMILES string of the molecule is CCC[C@@H](CCO)Nc1nc(N)nc2cnn(Cc3ccc(CNC4(C)CCOCC4)cc3OC)c12. The van der Waals surface area contributed by atoms with Crippen LogP contribution in [0.5, 0.6) is 5.75 Å². The number of fused-ring (bicyclic) bond motifs is 1. The van der Waals surface area contributed by atoms with E-state index in [0.29, 0.717) is 24.3 Å².